The summed E-state index contributed by atoms with van der Waals surface area (Å²) in [5, 5.41) is 0. The van der Waals surface area contributed by atoms with E-state index in [4.69, 9.17) is 11.5 Å². The predicted molar refractivity (Wildman–Crippen MR) is 60.0 cm³/mol. The third kappa shape index (κ3) is 3.47. The zero-order valence-electron chi connectivity index (χ0n) is 8.53. The molecule has 0 aliphatic rings. The Labute approximate surface area is 84.8 Å². The van der Waals surface area contributed by atoms with E-state index < -0.39 is 0 Å². The second-order valence-electron chi connectivity index (χ2n) is 3.31. The Morgan fingerprint density at radius 3 is 2.64 bits per heavy atom. The van der Waals surface area contributed by atoms with E-state index in [-0.39, 0.29) is 5.96 Å². The van der Waals surface area contributed by atoms with E-state index in [2.05, 4.69) is 24.0 Å². The fraction of sp³-hybridized carbons (Fsp3) is 0.364. The highest BCUT2D eigenvalue weighted by Crippen LogP contribution is 2.08. The van der Waals surface area contributed by atoms with Crippen LogP contribution in [0.1, 0.15) is 24.5 Å². The standard InChI is InChI=1S/C11H17N3/c1-2-4-9-5-3-6-10(7-9)8-14-11(12)13/h3,5-7H,2,4,8H2,1H3,(H4,12,13,14). The van der Waals surface area contributed by atoms with Gasteiger partial charge in [-0.15, -0.1) is 0 Å². The third-order valence-corrected chi connectivity index (χ3v) is 1.97. The summed E-state index contributed by atoms with van der Waals surface area (Å²) in [5.74, 6) is 0.144. The molecule has 0 bridgehead atoms. The minimum Gasteiger partial charge on any atom is -0.370 e. The second-order valence-corrected chi connectivity index (χ2v) is 3.31. The van der Waals surface area contributed by atoms with Crippen molar-refractivity contribution < 1.29 is 0 Å². The molecule has 3 heteroatoms. The molecule has 1 aromatic rings. The summed E-state index contributed by atoms with van der Waals surface area (Å²) >= 11 is 0. The molecule has 0 atom stereocenters. The number of benzene rings is 1. The molecular weight excluding hydrogens is 174 g/mol. The van der Waals surface area contributed by atoms with Crippen LogP contribution in [0.4, 0.5) is 0 Å². The first-order valence-electron chi connectivity index (χ1n) is 4.85. The van der Waals surface area contributed by atoms with Gasteiger partial charge in [-0.1, -0.05) is 37.6 Å². The molecule has 4 N–H and O–H groups in total. The van der Waals surface area contributed by atoms with Crippen LogP contribution in [0.5, 0.6) is 0 Å². The lowest BCUT2D eigenvalue weighted by atomic mass is 10.1. The van der Waals surface area contributed by atoms with Crippen LogP contribution >= 0.6 is 0 Å². The maximum absolute atomic E-state index is 5.26. The summed E-state index contributed by atoms with van der Waals surface area (Å²) in [4.78, 5) is 3.97. The Morgan fingerprint density at radius 2 is 2.00 bits per heavy atom. The van der Waals surface area contributed by atoms with E-state index in [1.54, 1.807) is 0 Å². The van der Waals surface area contributed by atoms with Gasteiger partial charge in [0.25, 0.3) is 0 Å². The molecule has 0 radical (unpaired) electrons. The highest BCUT2D eigenvalue weighted by molar-refractivity contribution is 5.75. The zero-order valence-corrected chi connectivity index (χ0v) is 8.53. The lowest BCUT2D eigenvalue weighted by molar-refractivity contribution is 0.915. The Bertz CT molecular complexity index is 314. The van der Waals surface area contributed by atoms with Crippen LogP contribution in [0.3, 0.4) is 0 Å². The minimum absolute atomic E-state index is 0.144. The van der Waals surface area contributed by atoms with Crippen molar-refractivity contribution in [1.29, 1.82) is 0 Å². The molecule has 14 heavy (non-hydrogen) atoms. The molecule has 0 aliphatic carbocycles. The van der Waals surface area contributed by atoms with Gasteiger partial charge in [0.2, 0.25) is 0 Å². The molecule has 1 rings (SSSR count). The number of hydrogen-bond donors (Lipinski definition) is 2. The number of aliphatic imine (C=N–C) groups is 1. The number of hydrogen-bond acceptors (Lipinski definition) is 1. The molecule has 0 aromatic heterocycles. The zero-order chi connectivity index (χ0) is 10.4. The molecule has 76 valence electrons. The van der Waals surface area contributed by atoms with E-state index in [0.29, 0.717) is 6.54 Å². The van der Waals surface area contributed by atoms with Gasteiger partial charge in [0.1, 0.15) is 0 Å². The molecule has 0 amide bonds. The predicted octanol–water partition coefficient (Wildman–Crippen LogP) is 1.41. The monoisotopic (exact) mass is 191 g/mol. The number of nitrogens with zero attached hydrogens (tertiary/aromatic N) is 1. The number of guanidine groups is 1. The van der Waals surface area contributed by atoms with Gasteiger partial charge in [0, 0.05) is 0 Å². The van der Waals surface area contributed by atoms with Crippen LogP contribution in [0.25, 0.3) is 0 Å². The lowest BCUT2D eigenvalue weighted by Crippen LogP contribution is -2.22. The first-order chi connectivity index (χ1) is 6.72. The van der Waals surface area contributed by atoms with Crippen LogP contribution in [0.15, 0.2) is 29.3 Å². The van der Waals surface area contributed by atoms with E-state index in [9.17, 15) is 0 Å². The second kappa shape index (κ2) is 5.27. The molecule has 0 saturated heterocycles. The Morgan fingerprint density at radius 1 is 1.29 bits per heavy atom. The highest BCUT2D eigenvalue weighted by atomic mass is 15.0. The lowest BCUT2D eigenvalue weighted by Gasteiger charge is -2.01. The van der Waals surface area contributed by atoms with E-state index in [1.807, 2.05) is 12.1 Å². The SMILES string of the molecule is CCCc1cccc(CN=C(N)N)c1. The third-order valence-electron chi connectivity index (χ3n) is 1.97. The fourth-order valence-corrected chi connectivity index (χ4v) is 1.35. The maximum atomic E-state index is 5.26. The summed E-state index contributed by atoms with van der Waals surface area (Å²) in [5.41, 5.74) is 13.0. The summed E-state index contributed by atoms with van der Waals surface area (Å²) in [7, 11) is 0. The van der Waals surface area contributed by atoms with Crippen molar-refractivity contribution in [3.63, 3.8) is 0 Å². The maximum Gasteiger partial charge on any atom is 0.186 e. The van der Waals surface area contributed by atoms with Gasteiger partial charge in [-0.25, -0.2) is 4.99 Å². The van der Waals surface area contributed by atoms with E-state index in [1.165, 1.54) is 5.56 Å². The number of aryl methyl sites for hydroxylation is 1. The van der Waals surface area contributed by atoms with Crippen molar-refractivity contribution in [1.82, 2.24) is 0 Å². The average molecular weight is 191 g/mol. The minimum atomic E-state index is 0.144. The number of nitrogens with two attached hydrogens (primary N) is 2. The summed E-state index contributed by atoms with van der Waals surface area (Å²) in [6.45, 7) is 2.74. The van der Waals surface area contributed by atoms with Gasteiger partial charge in [-0.3, -0.25) is 0 Å². The molecule has 0 saturated carbocycles. The molecular formula is C11H17N3. The molecule has 0 heterocycles. The summed E-state index contributed by atoms with van der Waals surface area (Å²) < 4.78 is 0. The van der Waals surface area contributed by atoms with Crippen molar-refractivity contribution in [2.24, 2.45) is 16.5 Å². The summed E-state index contributed by atoms with van der Waals surface area (Å²) in [6, 6.07) is 8.35. The van der Waals surface area contributed by atoms with Gasteiger partial charge >= 0.3 is 0 Å². The summed E-state index contributed by atoms with van der Waals surface area (Å²) in [6.07, 6.45) is 2.27. The Balaban J connectivity index is 2.68. The average Bonchev–Trinajstić information content (AvgIpc) is 2.16. The topological polar surface area (TPSA) is 64.4 Å². The van der Waals surface area contributed by atoms with Crippen LogP contribution in [0, 0.1) is 0 Å². The van der Waals surface area contributed by atoms with Crippen molar-refractivity contribution in [2.45, 2.75) is 26.3 Å². The first-order valence-corrected chi connectivity index (χ1v) is 4.85. The van der Waals surface area contributed by atoms with Crippen molar-refractivity contribution in [2.75, 3.05) is 0 Å². The van der Waals surface area contributed by atoms with Crippen LogP contribution < -0.4 is 11.5 Å². The van der Waals surface area contributed by atoms with Crippen LogP contribution in [-0.2, 0) is 13.0 Å². The Hall–Kier alpha value is -1.51. The van der Waals surface area contributed by atoms with Gasteiger partial charge in [-0.05, 0) is 17.5 Å². The van der Waals surface area contributed by atoms with Crippen LogP contribution in [-0.4, -0.2) is 5.96 Å². The van der Waals surface area contributed by atoms with Gasteiger partial charge in [0.15, 0.2) is 5.96 Å². The molecule has 0 unspecified atom stereocenters. The highest BCUT2D eigenvalue weighted by Gasteiger charge is 1.94. The van der Waals surface area contributed by atoms with Gasteiger partial charge < -0.3 is 11.5 Å². The van der Waals surface area contributed by atoms with Crippen molar-refractivity contribution in [3.8, 4) is 0 Å². The first kappa shape index (κ1) is 10.6. The van der Waals surface area contributed by atoms with Crippen LogP contribution in [0.2, 0.25) is 0 Å². The fourth-order valence-electron chi connectivity index (χ4n) is 1.35. The van der Waals surface area contributed by atoms with Gasteiger partial charge in [0.05, 0.1) is 6.54 Å². The van der Waals surface area contributed by atoms with Crippen molar-refractivity contribution in [3.05, 3.63) is 35.4 Å². The van der Waals surface area contributed by atoms with E-state index in [0.717, 1.165) is 18.4 Å². The van der Waals surface area contributed by atoms with Gasteiger partial charge in [-0.2, -0.15) is 0 Å². The molecule has 0 spiro atoms. The molecule has 0 fully saturated rings. The van der Waals surface area contributed by atoms with E-state index >= 15 is 0 Å². The molecule has 1 aromatic carbocycles. The van der Waals surface area contributed by atoms with Crippen molar-refractivity contribution >= 4 is 5.96 Å². The smallest absolute Gasteiger partial charge is 0.186 e. The normalized spacial score (nSPS) is 9.79. The largest absolute Gasteiger partial charge is 0.370 e. The quantitative estimate of drug-likeness (QED) is 0.558. The molecule has 3 nitrogen and oxygen atoms in total. The number of rotatable bonds is 4. The Kier molecular flexibility index (Phi) is 3.98. The molecule has 0 aliphatic heterocycles.